The van der Waals surface area contributed by atoms with Crippen LogP contribution in [0.15, 0.2) is 36.4 Å². The van der Waals surface area contributed by atoms with Gasteiger partial charge in [0.1, 0.15) is 0 Å². The third-order valence-electron chi connectivity index (χ3n) is 6.15. The molecule has 0 aromatic heterocycles. The van der Waals surface area contributed by atoms with Crippen LogP contribution in [-0.4, -0.2) is 35.6 Å². The highest BCUT2D eigenvalue weighted by atomic mass is 16.2. The van der Waals surface area contributed by atoms with Crippen LogP contribution in [0.4, 0.5) is 5.69 Å². The Hall–Kier alpha value is -3.02. The summed E-state index contributed by atoms with van der Waals surface area (Å²) in [6, 6.07) is 11.2. The molecule has 0 spiro atoms. The average molecular weight is 348 g/mol. The summed E-state index contributed by atoms with van der Waals surface area (Å²) < 4.78 is 0. The van der Waals surface area contributed by atoms with Gasteiger partial charge < -0.3 is 0 Å². The van der Waals surface area contributed by atoms with Crippen LogP contribution < -0.4 is 4.90 Å². The van der Waals surface area contributed by atoms with Crippen molar-refractivity contribution in [1.82, 2.24) is 4.90 Å². The molecule has 4 amide bonds. The van der Waals surface area contributed by atoms with Crippen LogP contribution >= 0.6 is 0 Å². The summed E-state index contributed by atoms with van der Waals surface area (Å²) in [6.07, 6.45) is 0. The summed E-state index contributed by atoms with van der Waals surface area (Å²) in [5, 5.41) is 1.78. The molecule has 6 heteroatoms. The molecule has 4 atom stereocenters. The number of carbonyl (C=O) groups excluding carboxylic acids is 4. The molecule has 2 aromatic carbocycles. The minimum Gasteiger partial charge on any atom is -0.285 e. The number of fused-ring (bicyclic) bond motifs is 5. The Bertz CT molecular complexity index is 1000. The Morgan fingerprint density at radius 2 is 1.19 bits per heavy atom. The van der Waals surface area contributed by atoms with Crippen molar-refractivity contribution < 1.29 is 19.2 Å². The molecule has 3 aliphatic rings. The van der Waals surface area contributed by atoms with Crippen molar-refractivity contribution in [3.8, 4) is 0 Å². The van der Waals surface area contributed by atoms with E-state index in [1.54, 1.807) is 6.07 Å². The van der Waals surface area contributed by atoms with Crippen LogP contribution in [0.2, 0.25) is 0 Å². The van der Waals surface area contributed by atoms with E-state index in [1.165, 1.54) is 11.9 Å². The zero-order valence-electron chi connectivity index (χ0n) is 14.3. The van der Waals surface area contributed by atoms with Gasteiger partial charge in [0.15, 0.2) is 0 Å². The standard InChI is InChI=1S/C20H16N2O4/c1-9-5-3-7-11-10(9)6-4-8-12(11)22-19(25)15-13-14(16(15)20(22)26)18(24)21(2)17(13)23/h3-8,13-16H,1-2H3. The number of carbonyl (C=O) groups is 4. The fourth-order valence-electron chi connectivity index (χ4n) is 4.82. The SMILES string of the molecule is Cc1cccc2c(N3C(=O)C4C5C(=O)N(C)C(=O)C5C4C3=O)cccc12. The maximum Gasteiger partial charge on any atom is 0.238 e. The van der Waals surface area contributed by atoms with E-state index in [2.05, 4.69) is 0 Å². The van der Waals surface area contributed by atoms with Crippen LogP contribution in [0.25, 0.3) is 10.8 Å². The van der Waals surface area contributed by atoms with Gasteiger partial charge in [0, 0.05) is 12.4 Å². The van der Waals surface area contributed by atoms with Crippen molar-refractivity contribution >= 4 is 40.1 Å². The molecular weight excluding hydrogens is 332 g/mol. The van der Waals surface area contributed by atoms with Gasteiger partial charge in [0.05, 0.1) is 29.4 Å². The van der Waals surface area contributed by atoms with E-state index in [9.17, 15) is 19.2 Å². The first-order valence-corrected chi connectivity index (χ1v) is 8.61. The second-order valence-electron chi connectivity index (χ2n) is 7.30. The quantitative estimate of drug-likeness (QED) is 0.732. The second-order valence-corrected chi connectivity index (χ2v) is 7.30. The smallest absolute Gasteiger partial charge is 0.238 e. The van der Waals surface area contributed by atoms with Crippen molar-refractivity contribution in [3.63, 3.8) is 0 Å². The van der Waals surface area contributed by atoms with E-state index in [-0.39, 0.29) is 23.6 Å². The monoisotopic (exact) mass is 348 g/mol. The molecule has 2 heterocycles. The summed E-state index contributed by atoms with van der Waals surface area (Å²) in [4.78, 5) is 52.9. The molecule has 0 radical (unpaired) electrons. The van der Waals surface area contributed by atoms with Gasteiger partial charge in [-0.15, -0.1) is 0 Å². The van der Waals surface area contributed by atoms with Crippen LogP contribution in [-0.2, 0) is 19.2 Å². The molecule has 130 valence electrons. The molecule has 0 bridgehead atoms. The topological polar surface area (TPSA) is 74.8 Å². The van der Waals surface area contributed by atoms with E-state index in [4.69, 9.17) is 0 Å². The highest BCUT2D eigenvalue weighted by molar-refractivity contribution is 6.29. The third kappa shape index (κ3) is 1.57. The lowest BCUT2D eigenvalue weighted by atomic mass is 9.59. The number of aryl methyl sites for hydroxylation is 1. The van der Waals surface area contributed by atoms with E-state index >= 15 is 0 Å². The maximum absolute atomic E-state index is 13.0. The minimum absolute atomic E-state index is 0.349. The average Bonchev–Trinajstić information content (AvgIpc) is 2.90. The lowest BCUT2D eigenvalue weighted by Gasteiger charge is -2.36. The number of hydrogen-bond acceptors (Lipinski definition) is 4. The number of benzene rings is 2. The first-order valence-electron chi connectivity index (χ1n) is 8.61. The Morgan fingerprint density at radius 1 is 0.692 bits per heavy atom. The van der Waals surface area contributed by atoms with Crippen molar-refractivity contribution in [2.45, 2.75) is 6.92 Å². The number of amides is 4. The molecule has 5 rings (SSSR count). The Kier molecular flexibility index (Phi) is 2.81. The molecule has 26 heavy (non-hydrogen) atoms. The molecule has 6 nitrogen and oxygen atoms in total. The minimum atomic E-state index is -0.714. The first kappa shape index (κ1) is 15.3. The van der Waals surface area contributed by atoms with Crippen molar-refractivity contribution in [1.29, 1.82) is 0 Å². The first-order chi connectivity index (χ1) is 12.4. The normalized spacial score (nSPS) is 30.1. The molecule has 2 aromatic rings. The van der Waals surface area contributed by atoms with Gasteiger partial charge in [-0.2, -0.15) is 0 Å². The van der Waals surface area contributed by atoms with Crippen LogP contribution in [0.1, 0.15) is 5.56 Å². The van der Waals surface area contributed by atoms with Crippen LogP contribution in [0, 0.1) is 30.6 Å². The molecule has 0 N–H and O–H groups in total. The number of rotatable bonds is 1. The van der Waals surface area contributed by atoms with E-state index < -0.39 is 23.7 Å². The number of hydrogen-bond donors (Lipinski definition) is 0. The van der Waals surface area contributed by atoms with Gasteiger partial charge in [-0.3, -0.25) is 24.1 Å². The molecule has 2 aliphatic heterocycles. The van der Waals surface area contributed by atoms with E-state index in [1.807, 2.05) is 37.3 Å². The van der Waals surface area contributed by atoms with Crippen molar-refractivity contribution in [2.24, 2.45) is 23.7 Å². The molecule has 1 aliphatic carbocycles. The van der Waals surface area contributed by atoms with Gasteiger partial charge in [-0.25, -0.2) is 4.90 Å². The van der Waals surface area contributed by atoms with Gasteiger partial charge in [-0.05, 0) is 23.9 Å². The number of imide groups is 2. The summed E-state index contributed by atoms with van der Waals surface area (Å²) in [6.45, 7) is 1.97. The van der Waals surface area contributed by atoms with Gasteiger partial charge in [-0.1, -0.05) is 30.3 Å². The zero-order valence-corrected chi connectivity index (χ0v) is 14.3. The fourth-order valence-corrected chi connectivity index (χ4v) is 4.82. The molecule has 2 saturated heterocycles. The largest absolute Gasteiger partial charge is 0.285 e. The predicted octanol–water partition coefficient (Wildman–Crippen LogP) is 1.50. The highest BCUT2D eigenvalue weighted by Crippen LogP contribution is 2.57. The zero-order chi connectivity index (χ0) is 18.3. The lowest BCUT2D eigenvalue weighted by molar-refractivity contribution is -0.146. The summed E-state index contributed by atoms with van der Waals surface area (Å²) in [5.41, 5.74) is 1.58. The molecule has 3 fully saturated rings. The predicted molar refractivity (Wildman–Crippen MR) is 92.9 cm³/mol. The van der Waals surface area contributed by atoms with Crippen molar-refractivity contribution in [3.05, 3.63) is 42.0 Å². The fraction of sp³-hybridized carbons (Fsp3) is 0.300. The summed E-state index contributed by atoms with van der Waals surface area (Å²) in [7, 11) is 1.42. The van der Waals surface area contributed by atoms with Crippen molar-refractivity contribution in [2.75, 3.05) is 11.9 Å². The van der Waals surface area contributed by atoms with E-state index in [0.717, 1.165) is 21.2 Å². The molecular formula is C20H16N2O4. The van der Waals surface area contributed by atoms with Gasteiger partial charge in [0.2, 0.25) is 23.6 Å². The van der Waals surface area contributed by atoms with Gasteiger partial charge >= 0.3 is 0 Å². The Labute approximate surface area is 149 Å². The number of nitrogens with zero attached hydrogens (tertiary/aromatic N) is 2. The third-order valence-corrected chi connectivity index (χ3v) is 6.15. The Balaban J connectivity index is 1.63. The number of anilines is 1. The summed E-state index contributed by atoms with van der Waals surface area (Å²) >= 11 is 0. The highest BCUT2D eigenvalue weighted by Gasteiger charge is 2.73. The molecule has 4 unspecified atom stereocenters. The maximum atomic E-state index is 13.0. The van der Waals surface area contributed by atoms with Crippen LogP contribution in [0.3, 0.4) is 0 Å². The Morgan fingerprint density at radius 3 is 1.81 bits per heavy atom. The summed E-state index contributed by atoms with van der Waals surface area (Å²) in [5.74, 6) is -4.23. The van der Waals surface area contributed by atoms with E-state index in [0.29, 0.717) is 5.69 Å². The number of likely N-dealkylation sites (tertiary alicyclic amines) is 1. The second kappa shape index (κ2) is 4.78. The van der Waals surface area contributed by atoms with Crippen LogP contribution in [0.5, 0.6) is 0 Å². The van der Waals surface area contributed by atoms with Gasteiger partial charge in [0.25, 0.3) is 0 Å². The lowest BCUT2D eigenvalue weighted by Crippen LogP contribution is -2.50. The molecule has 1 saturated carbocycles.